The third kappa shape index (κ3) is 2.18. The van der Waals surface area contributed by atoms with Crippen LogP contribution in [0.1, 0.15) is 17.0 Å². The van der Waals surface area contributed by atoms with E-state index in [1.54, 1.807) is 18.3 Å². The number of hydrogen-bond acceptors (Lipinski definition) is 2. The molecule has 0 saturated heterocycles. The SMILES string of the molecule is Cn1ccnc1/C=C/c1ccc(C#N)cc1. The minimum atomic E-state index is 0.675. The van der Waals surface area contributed by atoms with Gasteiger partial charge in [0.05, 0.1) is 11.6 Å². The van der Waals surface area contributed by atoms with E-state index in [1.165, 1.54) is 0 Å². The topological polar surface area (TPSA) is 41.6 Å². The van der Waals surface area contributed by atoms with Crippen LogP contribution in [0.5, 0.6) is 0 Å². The molecule has 0 N–H and O–H groups in total. The summed E-state index contributed by atoms with van der Waals surface area (Å²) in [7, 11) is 1.95. The maximum absolute atomic E-state index is 8.66. The normalized spacial score (nSPS) is 10.5. The van der Waals surface area contributed by atoms with E-state index in [-0.39, 0.29) is 0 Å². The van der Waals surface area contributed by atoms with Gasteiger partial charge in [-0.25, -0.2) is 4.98 Å². The molecule has 16 heavy (non-hydrogen) atoms. The third-order valence-electron chi connectivity index (χ3n) is 2.32. The van der Waals surface area contributed by atoms with Gasteiger partial charge in [-0.05, 0) is 23.8 Å². The van der Waals surface area contributed by atoms with Crippen molar-refractivity contribution in [1.29, 1.82) is 5.26 Å². The molecule has 0 unspecified atom stereocenters. The predicted octanol–water partition coefficient (Wildman–Crippen LogP) is 2.46. The van der Waals surface area contributed by atoms with Crippen LogP contribution < -0.4 is 0 Å². The Bertz CT molecular complexity index is 541. The highest BCUT2D eigenvalue weighted by molar-refractivity contribution is 5.67. The van der Waals surface area contributed by atoms with E-state index in [0.29, 0.717) is 5.56 Å². The molecule has 0 bridgehead atoms. The molecule has 0 amide bonds. The van der Waals surface area contributed by atoms with Crippen molar-refractivity contribution in [3.05, 3.63) is 53.6 Å². The lowest BCUT2D eigenvalue weighted by Crippen LogP contribution is -1.88. The summed E-state index contributed by atoms with van der Waals surface area (Å²) in [4.78, 5) is 4.19. The Kier molecular flexibility index (Phi) is 2.84. The van der Waals surface area contributed by atoms with Crippen LogP contribution in [-0.4, -0.2) is 9.55 Å². The molecule has 0 fully saturated rings. The highest BCUT2D eigenvalue weighted by Gasteiger charge is 1.93. The smallest absolute Gasteiger partial charge is 0.132 e. The molecule has 0 radical (unpaired) electrons. The zero-order valence-corrected chi connectivity index (χ0v) is 8.96. The van der Waals surface area contributed by atoms with Crippen molar-refractivity contribution in [2.45, 2.75) is 0 Å². The van der Waals surface area contributed by atoms with Gasteiger partial charge in [-0.1, -0.05) is 18.2 Å². The van der Waals surface area contributed by atoms with E-state index in [2.05, 4.69) is 11.1 Å². The molecule has 0 aliphatic heterocycles. The van der Waals surface area contributed by atoms with Crippen LogP contribution >= 0.6 is 0 Å². The van der Waals surface area contributed by atoms with Gasteiger partial charge in [0.15, 0.2) is 0 Å². The summed E-state index contributed by atoms with van der Waals surface area (Å²) < 4.78 is 1.94. The molecular formula is C13H11N3. The van der Waals surface area contributed by atoms with E-state index < -0.39 is 0 Å². The first-order chi connectivity index (χ1) is 7.79. The number of nitrogens with zero attached hydrogens (tertiary/aromatic N) is 3. The van der Waals surface area contributed by atoms with Gasteiger partial charge in [-0.15, -0.1) is 0 Å². The Balaban J connectivity index is 2.18. The third-order valence-corrected chi connectivity index (χ3v) is 2.32. The van der Waals surface area contributed by atoms with Crippen LogP contribution in [-0.2, 0) is 7.05 Å². The summed E-state index contributed by atoms with van der Waals surface area (Å²) in [6.45, 7) is 0. The highest BCUT2D eigenvalue weighted by Crippen LogP contribution is 2.07. The van der Waals surface area contributed by atoms with E-state index in [9.17, 15) is 0 Å². The maximum Gasteiger partial charge on any atom is 0.132 e. The molecule has 0 atom stereocenters. The first kappa shape index (κ1) is 10.2. The monoisotopic (exact) mass is 209 g/mol. The molecule has 0 saturated carbocycles. The van der Waals surface area contributed by atoms with Crippen molar-refractivity contribution in [3.8, 4) is 6.07 Å². The summed E-state index contributed by atoms with van der Waals surface area (Å²) in [6, 6.07) is 9.53. The van der Waals surface area contributed by atoms with Gasteiger partial charge in [0.2, 0.25) is 0 Å². The molecule has 3 heteroatoms. The lowest BCUT2D eigenvalue weighted by molar-refractivity contribution is 0.898. The van der Waals surface area contributed by atoms with E-state index in [4.69, 9.17) is 5.26 Å². The Labute approximate surface area is 94.3 Å². The fourth-order valence-electron chi connectivity index (χ4n) is 1.38. The van der Waals surface area contributed by atoms with Crippen molar-refractivity contribution in [3.63, 3.8) is 0 Å². The first-order valence-corrected chi connectivity index (χ1v) is 4.95. The number of imidazole rings is 1. The van der Waals surface area contributed by atoms with Gasteiger partial charge < -0.3 is 4.57 Å². The number of nitriles is 1. The summed E-state index contributed by atoms with van der Waals surface area (Å²) in [5.41, 5.74) is 1.73. The Morgan fingerprint density at radius 3 is 2.56 bits per heavy atom. The van der Waals surface area contributed by atoms with Crippen molar-refractivity contribution in [2.24, 2.45) is 7.05 Å². The second-order valence-corrected chi connectivity index (χ2v) is 3.46. The van der Waals surface area contributed by atoms with Crippen molar-refractivity contribution in [1.82, 2.24) is 9.55 Å². The minimum Gasteiger partial charge on any atom is -0.335 e. The Morgan fingerprint density at radius 1 is 1.25 bits per heavy atom. The molecule has 2 rings (SSSR count). The highest BCUT2D eigenvalue weighted by atomic mass is 15.0. The standard InChI is InChI=1S/C13H11N3/c1-16-9-8-15-13(16)7-6-11-2-4-12(10-14)5-3-11/h2-9H,1H3/b7-6+. The van der Waals surface area contributed by atoms with Gasteiger partial charge in [-0.3, -0.25) is 0 Å². The lowest BCUT2D eigenvalue weighted by Gasteiger charge is -1.95. The number of aryl methyl sites for hydroxylation is 1. The molecule has 0 aliphatic carbocycles. The van der Waals surface area contributed by atoms with Crippen LogP contribution in [0.4, 0.5) is 0 Å². The molecule has 0 aliphatic rings. The van der Waals surface area contributed by atoms with Crippen LogP contribution in [0.3, 0.4) is 0 Å². The second-order valence-electron chi connectivity index (χ2n) is 3.46. The molecule has 1 aromatic heterocycles. The molecule has 1 aromatic carbocycles. The Hall–Kier alpha value is -2.34. The van der Waals surface area contributed by atoms with Crippen LogP contribution in [0.25, 0.3) is 12.2 Å². The van der Waals surface area contributed by atoms with Crippen LogP contribution in [0.15, 0.2) is 36.7 Å². The van der Waals surface area contributed by atoms with Gasteiger partial charge in [0, 0.05) is 19.4 Å². The predicted molar refractivity (Wildman–Crippen MR) is 63.3 cm³/mol. The summed E-state index contributed by atoms with van der Waals surface area (Å²) in [6.07, 6.45) is 7.59. The summed E-state index contributed by atoms with van der Waals surface area (Å²) in [5.74, 6) is 0.907. The van der Waals surface area contributed by atoms with E-state index in [1.807, 2.05) is 42.1 Å². The molecule has 2 aromatic rings. The fraction of sp³-hybridized carbons (Fsp3) is 0.0769. The molecule has 3 nitrogen and oxygen atoms in total. The van der Waals surface area contributed by atoms with Gasteiger partial charge >= 0.3 is 0 Å². The van der Waals surface area contributed by atoms with Crippen molar-refractivity contribution < 1.29 is 0 Å². The Morgan fingerprint density at radius 2 is 2.00 bits per heavy atom. The molecule has 1 heterocycles. The zero-order chi connectivity index (χ0) is 11.4. The average Bonchev–Trinajstić information content (AvgIpc) is 2.73. The maximum atomic E-state index is 8.66. The van der Waals surface area contributed by atoms with E-state index in [0.717, 1.165) is 11.4 Å². The number of hydrogen-bond donors (Lipinski definition) is 0. The summed E-state index contributed by atoms with van der Waals surface area (Å²) >= 11 is 0. The number of aromatic nitrogens is 2. The zero-order valence-electron chi connectivity index (χ0n) is 8.96. The van der Waals surface area contributed by atoms with Gasteiger partial charge in [-0.2, -0.15) is 5.26 Å². The number of rotatable bonds is 2. The van der Waals surface area contributed by atoms with Crippen molar-refractivity contribution >= 4 is 12.2 Å². The second kappa shape index (κ2) is 4.45. The largest absolute Gasteiger partial charge is 0.335 e. The van der Waals surface area contributed by atoms with Gasteiger partial charge in [0.25, 0.3) is 0 Å². The van der Waals surface area contributed by atoms with E-state index >= 15 is 0 Å². The van der Waals surface area contributed by atoms with Crippen molar-refractivity contribution in [2.75, 3.05) is 0 Å². The first-order valence-electron chi connectivity index (χ1n) is 4.95. The quantitative estimate of drug-likeness (QED) is 0.762. The summed E-state index contributed by atoms with van der Waals surface area (Å²) in [5, 5.41) is 8.66. The fourth-order valence-corrected chi connectivity index (χ4v) is 1.38. The van der Waals surface area contributed by atoms with Gasteiger partial charge in [0.1, 0.15) is 5.82 Å². The molecular weight excluding hydrogens is 198 g/mol. The molecule has 78 valence electrons. The van der Waals surface area contributed by atoms with Crippen LogP contribution in [0.2, 0.25) is 0 Å². The number of benzene rings is 1. The average molecular weight is 209 g/mol. The minimum absolute atomic E-state index is 0.675. The lowest BCUT2D eigenvalue weighted by atomic mass is 10.1. The van der Waals surface area contributed by atoms with Crippen LogP contribution in [0, 0.1) is 11.3 Å². The molecule has 0 spiro atoms.